The molecule has 0 bridgehead atoms. The van der Waals surface area contributed by atoms with Crippen molar-refractivity contribution < 1.29 is 4.79 Å². The fourth-order valence-corrected chi connectivity index (χ4v) is 2.13. The van der Waals surface area contributed by atoms with Crippen molar-refractivity contribution in [3.63, 3.8) is 0 Å². The summed E-state index contributed by atoms with van der Waals surface area (Å²) in [6.07, 6.45) is 1.74. The maximum atomic E-state index is 12.2. The third kappa shape index (κ3) is 2.25. The number of aryl methyl sites for hydroxylation is 2. The molecule has 2 heterocycles. The number of hydrogen-bond acceptors (Lipinski definition) is 3. The van der Waals surface area contributed by atoms with Gasteiger partial charge in [0.05, 0.1) is 11.2 Å². The second-order valence-corrected chi connectivity index (χ2v) is 4.66. The molecule has 100 valence electrons. The molecule has 3 aromatic rings. The average molecular weight is 266 g/mol. The summed E-state index contributed by atoms with van der Waals surface area (Å²) in [6.45, 7) is 1.91. The van der Waals surface area contributed by atoms with Crippen LogP contribution < -0.4 is 5.32 Å². The zero-order valence-electron chi connectivity index (χ0n) is 11.3. The predicted octanol–water partition coefficient (Wildman–Crippen LogP) is 2.53. The molecule has 0 saturated heterocycles. The van der Waals surface area contributed by atoms with Crippen LogP contribution in [-0.2, 0) is 7.05 Å². The first-order valence-corrected chi connectivity index (χ1v) is 6.31. The van der Waals surface area contributed by atoms with Crippen LogP contribution in [0.5, 0.6) is 0 Å². The zero-order valence-corrected chi connectivity index (χ0v) is 11.3. The van der Waals surface area contributed by atoms with Gasteiger partial charge in [0.25, 0.3) is 5.91 Å². The van der Waals surface area contributed by atoms with E-state index in [0.717, 1.165) is 22.3 Å². The molecule has 1 amide bonds. The van der Waals surface area contributed by atoms with Gasteiger partial charge in [-0.05, 0) is 25.1 Å². The average Bonchev–Trinajstić information content (AvgIpc) is 2.85. The molecular formula is C15H14N4O. The molecule has 0 radical (unpaired) electrons. The molecule has 1 aromatic carbocycles. The van der Waals surface area contributed by atoms with Crippen LogP contribution >= 0.6 is 0 Å². The van der Waals surface area contributed by atoms with Gasteiger partial charge in [-0.15, -0.1) is 0 Å². The molecule has 0 aliphatic heterocycles. The Morgan fingerprint density at radius 1 is 1.25 bits per heavy atom. The number of hydrogen-bond donors (Lipinski definition) is 1. The highest BCUT2D eigenvalue weighted by Gasteiger charge is 2.11. The molecule has 3 rings (SSSR count). The van der Waals surface area contributed by atoms with Crippen LogP contribution in [-0.4, -0.2) is 20.7 Å². The quantitative estimate of drug-likeness (QED) is 0.775. The Morgan fingerprint density at radius 3 is 2.80 bits per heavy atom. The fraction of sp³-hybridized carbons (Fsp3) is 0.133. The number of aromatic nitrogens is 3. The Hall–Kier alpha value is -2.69. The molecule has 20 heavy (non-hydrogen) atoms. The van der Waals surface area contributed by atoms with Gasteiger partial charge in [-0.2, -0.15) is 5.10 Å². The summed E-state index contributed by atoms with van der Waals surface area (Å²) in [6, 6.07) is 11.3. The highest BCUT2D eigenvalue weighted by atomic mass is 16.1. The number of carbonyl (C=O) groups excluding carboxylic acids is 1. The minimum Gasteiger partial charge on any atom is -0.320 e. The van der Waals surface area contributed by atoms with E-state index in [1.54, 1.807) is 24.0 Å². The van der Waals surface area contributed by atoms with E-state index in [4.69, 9.17) is 0 Å². The van der Waals surface area contributed by atoms with Gasteiger partial charge < -0.3 is 5.32 Å². The van der Waals surface area contributed by atoms with Crippen LogP contribution in [0.4, 0.5) is 5.69 Å². The number of amides is 1. The summed E-state index contributed by atoms with van der Waals surface area (Å²) in [5.74, 6) is -0.221. The van der Waals surface area contributed by atoms with Crippen molar-refractivity contribution in [3.8, 4) is 0 Å². The fourth-order valence-electron chi connectivity index (χ4n) is 2.13. The zero-order chi connectivity index (χ0) is 14.1. The summed E-state index contributed by atoms with van der Waals surface area (Å²) in [5.41, 5.74) is 2.87. The lowest BCUT2D eigenvalue weighted by atomic mass is 10.1. The lowest BCUT2D eigenvalue weighted by molar-refractivity contribution is 0.102. The van der Waals surface area contributed by atoms with Gasteiger partial charge in [-0.3, -0.25) is 14.5 Å². The highest BCUT2D eigenvalue weighted by Crippen LogP contribution is 2.23. The van der Waals surface area contributed by atoms with Crippen molar-refractivity contribution in [1.29, 1.82) is 0 Å². The number of anilines is 1. The number of nitrogens with zero attached hydrogens (tertiary/aromatic N) is 3. The minimum absolute atomic E-state index is 0.221. The first-order chi connectivity index (χ1) is 9.63. The second-order valence-electron chi connectivity index (χ2n) is 4.66. The first-order valence-electron chi connectivity index (χ1n) is 6.31. The van der Waals surface area contributed by atoms with Crippen molar-refractivity contribution in [2.45, 2.75) is 6.92 Å². The normalized spacial score (nSPS) is 10.7. The van der Waals surface area contributed by atoms with Crippen LogP contribution in [0.25, 0.3) is 10.9 Å². The van der Waals surface area contributed by atoms with Crippen molar-refractivity contribution in [3.05, 3.63) is 54.0 Å². The molecule has 5 nitrogen and oxygen atoms in total. The van der Waals surface area contributed by atoms with E-state index in [9.17, 15) is 4.79 Å². The van der Waals surface area contributed by atoms with Crippen LogP contribution in [0.1, 0.15) is 16.2 Å². The molecule has 5 heteroatoms. The van der Waals surface area contributed by atoms with E-state index >= 15 is 0 Å². The molecule has 0 aliphatic rings. The molecule has 0 spiro atoms. The van der Waals surface area contributed by atoms with E-state index in [1.165, 1.54) is 0 Å². The van der Waals surface area contributed by atoms with Gasteiger partial charge in [-0.1, -0.05) is 18.2 Å². The van der Waals surface area contributed by atoms with Gasteiger partial charge in [0.15, 0.2) is 5.69 Å². The molecule has 0 aliphatic carbocycles. The minimum atomic E-state index is -0.221. The molecule has 0 fully saturated rings. The lowest BCUT2D eigenvalue weighted by Crippen LogP contribution is -2.13. The number of nitrogens with one attached hydrogen (secondary N) is 1. The Morgan fingerprint density at radius 2 is 2.05 bits per heavy atom. The van der Waals surface area contributed by atoms with Crippen LogP contribution in [0.2, 0.25) is 0 Å². The monoisotopic (exact) mass is 266 g/mol. The number of para-hydroxylation sites is 1. The number of carbonyl (C=O) groups is 1. The number of rotatable bonds is 2. The Bertz CT molecular complexity index is 791. The Kier molecular flexibility index (Phi) is 2.95. The van der Waals surface area contributed by atoms with Gasteiger partial charge in [-0.25, -0.2) is 0 Å². The highest BCUT2D eigenvalue weighted by molar-refractivity contribution is 6.07. The molecule has 1 N–H and O–H groups in total. The third-order valence-electron chi connectivity index (χ3n) is 3.04. The lowest BCUT2D eigenvalue weighted by Gasteiger charge is -2.08. The van der Waals surface area contributed by atoms with Crippen LogP contribution in [0.3, 0.4) is 0 Å². The maximum absolute atomic E-state index is 12.2. The largest absolute Gasteiger partial charge is 0.320 e. The van der Waals surface area contributed by atoms with E-state index in [2.05, 4.69) is 15.4 Å². The summed E-state index contributed by atoms with van der Waals surface area (Å²) in [4.78, 5) is 16.6. The van der Waals surface area contributed by atoms with E-state index in [1.807, 2.05) is 37.3 Å². The SMILES string of the molecule is Cc1cc(NC(=O)c2ccn(C)n2)c2ccccc2n1. The Labute approximate surface area is 116 Å². The predicted molar refractivity (Wildman–Crippen MR) is 77.6 cm³/mol. The second kappa shape index (κ2) is 4.77. The number of pyridine rings is 1. The Balaban J connectivity index is 2.00. The van der Waals surface area contributed by atoms with Crippen LogP contribution in [0, 0.1) is 6.92 Å². The molecule has 2 aromatic heterocycles. The summed E-state index contributed by atoms with van der Waals surface area (Å²) in [7, 11) is 1.78. The summed E-state index contributed by atoms with van der Waals surface area (Å²) >= 11 is 0. The van der Waals surface area contributed by atoms with Gasteiger partial charge in [0.1, 0.15) is 0 Å². The molecular weight excluding hydrogens is 252 g/mol. The molecule has 0 saturated carbocycles. The van der Waals surface area contributed by atoms with E-state index in [-0.39, 0.29) is 5.91 Å². The van der Waals surface area contributed by atoms with Gasteiger partial charge in [0.2, 0.25) is 0 Å². The third-order valence-corrected chi connectivity index (χ3v) is 3.04. The van der Waals surface area contributed by atoms with Crippen LogP contribution in [0.15, 0.2) is 42.6 Å². The molecule has 0 atom stereocenters. The molecule has 0 unspecified atom stereocenters. The standard InChI is InChI=1S/C15H14N4O/c1-10-9-14(11-5-3-4-6-12(11)16-10)17-15(20)13-7-8-19(2)18-13/h3-9H,1-2H3,(H,16,17,20). The van der Waals surface area contributed by atoms with Gasteiger partial charge >= 0.3 is 0 Å². The van der Waals surface area contributed by atoms with Crippen molar-refractivity contribution >= 4 is 22.5 Å². The van der Waals surface area contributed by atoms with Gasteiger partial charge in [0, 0.05) is 24.3 Å². The number of fused-ring (bicyclic) bond motifs is 1. The van der Waals surface area contributed by atoms with Crippen molar-refractivity contribution in [1.82, 2.24) is 14.8 Å². The topological polar surface area (TPSA) is 59.8 Å². The maximum Gasteiger partial charge on any atom is 0.276 e. The number of benzene rings is 1. The summed E-state index contributed by atoms with van der Waals surface area (Å²) < 4.78 is 1.60. The van der Waals surface area contributed by atoms with E-state index in [0.29, 0.717) is 5.69 Å². The van der Waals surface area contributed by atoms with Crippen molar-refractivity contribution in [2.24, 2.45) is 7.05 Å². The first kappa shape index (κ1) is 12.3. The summed E-state index contributed by atoms with van der Waals surface area (Å²) in [5, 5.41) is 7.92. The van der Waals surface area contributed by atoms with E-state index < -0.39 is 0 Å². The van der Waals surface area contributed by atoms with Crippen molar-refractivity contribution in [2.75, 3.05) is 5.32 Å². The smallest absolute Gasteiger partial charge is 0.276 e.